The molecule has 32 heavy (non-hydrogen) atoms. The molecule has 0 saturated carbocycles. The van der Waals surface area contributed by atoms with Gasteiger partial charge in [-0.2, -0.15) is 5.10 Å². The number of rotatable bonds is 21. The van der Waals surface area contributed by atoms with Crippen LogP contribution in [0.1, 0.15) is 115 Å². The first-order valence-corrected chi connectivity index (χ1v) is 12.9. The van der Waals surface area contributed by atoms with Crippen molar-refractivity contribution in [3.8, 4) is 5.75 Å². The Hall–Kier alpha value is -2.10. The summed E-state index contributed by atoms with van der Waals surface area (Å²) in [6.07, 6.45) is 23.9. The SMILES string of the molecule is C=CCOc1ccc(/C=N/NC(=O)CCCCCCCCCCCCCCCCC)cc1. The number of amides is 1. The van der Waals surface area contributed by atoms with Crippen molar-refractivity contribution in [2.45, 2.75) is 110 Å². The molecule has 1 rings (SSSR count). The van der Waals surface area contributed by atoms with Gasteiger partial charge in [-0.25, -0.2) is 5.43 Å². The number of unbranched alkanes of at least 4 members (excludes halogenated alkanes) is 14. The Labute approximate surface area is 196 Å². The van der Waals surface area contributed by atoms with E-state index in [0.29, 0.717) is 13.0 Å². The second-order valence-electron chi connectivity index (χ2n) is 8.66. The van der Waals surface area contributed by atoms with Crippen LogP contribution in [0.4, 0.5) is 0 Å². The van der Waals surface area contributed by atoms with E-state index in [-0.39, 0.29) is 5.91 Å². The summed E-state index contributed by atoms with van der Waals surface area (Å²) >= 11 is 0. The highest BCUT2D eigenvalue weighted by atomic mass is 16.5. The molecule has 0 heterocycles. The number of carbonyl (C=O) groups excluding carboxylic acids is 1. The lowest BCUT2D eigenvalue weighted by molar-refractivity contribution is -0.121. The van der Waals surface area contributed by atoms with E-state index in [2.05, 4.69) is 24.0 Å². The molecule has 1 aromatic carbocycles. The molecule has 180 valence electrons. The number of ether oxygens (including phenoxy) is 1. The lowest BCUT2D eigenvalue weighted by Gasteiger charge is -2.04. The van der Waals surface area contributed by atoms with Crippen LogP contribution in [0.25, 0.3) is 0 Å². The third-order valence-corrected chi connectivity index (χ3v) is 5.66. The molecule has 0 aliphatic heterocycles. The van der Waals surface area contributed by atoms with Gasteiger partial charge >= 0.3 is 0 Å². The molecular formula is C28H46N2O2. The summed E-state index contributed by atoms with van der Waals surface area (Å²) in [5, 5.41) is 4.04. The van der Waals surface area contributed by atoms with Crippen molar-refractivity contribution in [1.29, 1.82) is 0 Å². The van der Waals surface area contributed by atoms with Crippen molar-refractivity contribution < 1.29 is 9.53 Å². The number of hydrogen-bond donors (Lipinski definition) is 1. The Morgan fingerprint density at radius 3 is 1.84 bits per heavy atom. The van der Waals surface area contributed by atoms with E-state index < -0.39 is 0 Å². The van der Waals surface area contributed by atoms with Crippen LogP contribution in [0, 0.1) is 0 Å². The fourth-order valence-electron chi connectivity index (χ4n) is 3.70. The minimum Gasteiger partial charge on any atom is -0.490 e. The number of hydrazone groups is 1. The smallest absolute Gasteiger partial charge is 0.240 e. The van der Waals surface area contributed by atoms with Gasteiger partial charge in [0.2, 0.25) is 5.91 Å². The van der Waals surface area contributed by atoms with Gasteiger partial charge in [-0.3, -0.25) is 4.79 Å². The predicted octanol–water partition coefficient (Wildman–Crippen LogP) is 7.96. The van der Waals surface area contributed by atoms with Gasteiger partial charge in [-0.05, 0) is 36.2 Å². The van der Waals surface area contributed by atoms with Crippen molar-refractivity contribution in [3.05, 3.63) is 42.5 Å². The summed E-state index contributed by atoms with van der Waals surface area (Å²) in [5.74, 6) is 0.779. The summed E-state index contributed by atoms with van der Waals surface area (Å²) in [5.41, 5.74) is 3.54. The maximum atomic E-state index is 11.9. The van der Waals surface area contributed by atoms with Crippen molar-refractivity contribution in [2.75, 3.05) is 6.61 Å². The number of hydrogen-bond acceptors (Lipinski definition) is 3. The normalized spacial score (nSPS) is 11.0. The Balaban J connectivity index is 1.90. The van der Waals surface area contributed by atoms with Crippen molar-refractivity contribution in [3.63, 3.8) is 0 Å². The summed E-state index contributed by atoms with van der Waals surface area (Å²) in [6, 6.07) is 7.57. The lowest BCUT2D eigenvalue weighted by Crippen LogP contribution is -2.16. The maximum Gasteiger partial charge on any atom is 0.240 e. The van der Waals surface area contributed by atoms with Gasteiger partial charge in [-0.15, -0.1) is 0 Å². The first-order valence-electron chi connectivity index (χ1n) is 12.9. The first kappa shape index (κ1) is 27.9. The number of nitrogens with one attached hydrogen (secondary N) is 1. The fraction of sp³-hybridized carbons (Fsp3) is 0.643. The third kappa shape index (κ3) is 16.6. The van der Waals surface area contributed by atoms with Crippen LogP contribution in [0.2, 0.25) is 0 Å². The Morgan fingerprint density at radius 1 is 0.844 bits per heavy atom. The topological polar surface area (TPSA) is 50.7 Å². The summed E-state index contributed by atoms with van der Waals surface area (Å²) < 4.78 is 5.44. The van der Waals surface area contributed by atoms with Gasteiger partial charge < -0.3 is 4.74 Å². The molecule has 0 aliphatic rings. The molecule has 0 radical (unpaired) electrons. The molecule has 0 unspecified atom stereocenters. The second kappa shape index (κ2) is 20.8. The molecule has 0 bridgehead atoms. The Morgan fingerprint density at radius 2 is 1.34 bits per heavy atom. The highest BCUT2D eigenvalue weighted by Crippen LogP contribution is 2.14. The van der Waals surface area contributed by atoms with Crippen LogP contribution in [-0.2, 0) is 4.79 Å². The van der Waals surface area contributed by atoms with Crippen molar-refractivity contribution in [1.82, 2.24) is 5.43 Å². The van der Waals surface area contributed by atoms with Crippen LogP contribution < -0.4 is 10.2 Å². The number of nitrogens with zero attached hydrogens (tertiary/aromatic N) is 1. The molecule has 0 saturated heterocycles. The quantitative estimate of drug-likeness (QED) is 0.0908. The molecule has 1 amide bonds. The van der Waals surface area contributed by atoms with Crippen molar-refractivity contribution >= 4 is 12.1 Å². The van der Waals surface area contributed by atoms with E-state index in [1.165, 1.54) is 83.5 Å². The van der Waals surface area contributed by atoms with Crippen LogP contribution in [0.5, 0.6) is 5.75 Å². The van der Waals surface area contributed by atoms with E-state index in [0.717, 1.165) is 24.2 Å². The average Bonchev–Trinajstić information content (AvgIpc) is 2.81. The highest BCUT2D eigenvalue weighted by molar-refractivity contribution is 5.82. The van der Waals surface area contributed by atoms with Gasteiger partial charge in [0, 0.05) is 6.42 Å². The van der Waals surface area contributed by atoms with Crippen LogP contribution >= 0.6 is 0 Å². The molecule has 4 nitrogen and oxygen atoms in total. The molecule has 4 heteroatoms. The predicted molar refractivity (Wildman–Crippen MR) is 137 cm³/mol. The molecule has 1 aromatic rings. The molecule has 0 atom stereocenters. The number of benzene rings is 1. The van der Waals surface area contributed by atoms with Gasteiger partial charge in [0.1, 0.15) is 12.4 Å². The molecule has 1 N–H and O–H groups in total. The summed E-state index contributed by atoms with van der Waals surface area (Å²) in [6.45, 7) is 6.39. The zero-order valence-corrected chi connectivity index (χ0v) is 20.5. The standard InChI is InChI=1S/C28H46N2O2/c1-3-5-6-7-8-9-10-11-12-13-14-15-16-17-18-19-28(31)30-29-25-26-20-22-27(23-21-26)32-24-4-2/h4,20-23,25H,2-3,5-19,24H2,1H3,(H,30,31)/b29-25+. The van der Waals surface area contributed by atoms with Crippen LogP contribution in [-0.4, -0.2) is 18.7 Å². The molecular weight excluding hydrogens is 396 g/mol. The van der Waals surface area contributed by atoms with Crippen LogP contribution in [0.15, 0.2) is 42.0 Å². The maximum absolute atomic E-state index is 11.9. The highest BCUT2D eigenvalue weighted by Gasteiger charge is 2.00. The van der Waals surface area contributed by atoms with E-state index in [1.54, 1.807) is 12.3 Å². The van der Waals surface area contributed by atoms with E-state index in [1.807, 2.05) is 24.3 Å². The molecule has 0 spiro atoms. The summed E-state index contributed by atoms with van der Waals surface area (Å²) in [7, 11) is 0. The van der Waals surface area contributed by atoms with E-state index in [9.17, 15) is 4.79 Å². The third-order valence-electron chi connectivity index (χ3n) is 5.66. The fourth-order valence-corrected chi connectivity index (χ4v) is 3.70. The van der Waals surface area contributed by atoms with Gasteiger partial charge in [0.05, 0.1) is 6.21 Å². The zero-order valence-electron chi connectivity index (χ0n) is 20.5. The Kier molecular flexibility index (Phi) is 18.1. The van der Waals surface area contributed by atoms with E-state index in [4.69, 9.17) is 4.74 Å². The number of carbonyl (C=O) groups is 1. The minimum atomic E-state index is -0.0121. The Bertz CT molecular complexity index is 610. The minimum absolute atomic E-state index is 0.0121. The lowest BCUT2D eigenvalue weighted by atomic mass is 10.0. The van der Waals surface area contributed by atoms with Crippen molar-refractivity contribution in [2.24, 2.45) is 5.10 Å². The first-order chi connectivity index (χ1) is 15.8. The molecule has 0 aliphatic carbocycles. The zero-order chi connectivity index (χ0) is 23.1. The van der Waals surface area contributed by atoms with Gasteiger partial charge in [-0.1, -0.05) is 109 Å². The largest absolute Gasteiger partial charge is 0.490 e. The summed E-state index contributed by atoms with van der Waals surface area (Å²) in [4.78, 5) is 11.9. The molecule has 0 aromatic heterocycles. The monoisotopic (exact) mass is 442 g/mol. The average molecular weight is 443 g/mol. The van der Waals surface area contributed by atoms with Crippen LogP contribution in [0.3, 0.4) is 0 Å². The van der Waals surface area contributed by atoms with Gasteiger partial charge in [0.25, 0.3) is 0 Å². The molecule has 0 fully saturated rings. The van der Waals surface area contributed by atoms with Gasteiger partial charge in [0.15, 0.2) is 0 Å². The second-order valence-corrected chi connectivity index (χ2v) is 8.66. The van der Waals surface area contributed by atoms with E-state index >= 15 is 0 Å².